The Hall–Kier alpha value is -1.60. The Morgan fingerprint density at radius 3 is 2.70 bits per heavy atom. The average molecular weight is 408 g/mol. The van der Waals surface area contributed by atoms with E-state index in [4.69, 9.17) is 28.9 Å². The number of aromatic nitrogens is 2. The van der Waals surface area contributed by atoms with Gasteiger partial charge >= 0.3 is 0 Å². The van der Waals surface area contributed by atoms with Gasteiger partial charge in [0, 0.05) is 46.7 Å². The molecule has 0 radical (unpaired) electrons. The molecule has 1 saturated heterocycles. The number of nitrogens with two attached hydrogens (primary N) is 1. The van der Waals surface area contributed by atoms with Crippen LogP contribution in [0.1, 0.15) is 30.7 Å². The van der Waals surface area contributed by atoms with Gasteiger partial charge in [-0.3, -0.25) is 14.9 Å². The third-order valence-corrected chi connectivity index (χ3v) is 6.37. The molecule has 4 rings (SSSR count). The molecule has 6 nitrogen and oxygen atoms in total. The molecule has 2 heterocycles. The molecule has 2 aromatic rings. The maximum atomic E-state index is 12.2. The van der Waals surface area contributed by atoms with Gasteiger partial charge in [0.15, 0.2) is 0 Å². The number of halogens is 2. The Kier molecular flexibility index (Phi) is 5.16. The fraction of sp³-hybridized carbons (Fsp3) is 0.474. The second-order valence-electron chi connectivity index (χ2n) is 7.49. The van der Waals surface area contributed by atoms with Gasteiger partial charge in [0.1, 0.15) is 0 Å². The van der Waals surface area contributed by atoms with Crippen molar-refractivity contribution in [2.45, 2.75) is 31.2 Å². The van der Waals surface area contributed by atoms with Gasteiger partial charge in [-0.2, -0.15) is 5.10 Å². The van der Waals surface area contributed by atoms with Crippen LogP contribution in [0, 0.1) is 11.8 Å². The second kappa shape index (κ2) is 7.43. The monoisotopic (exact) mass is 407 g/mol. The van der Waals surface area contributed by atoms with E-state index in [2.05, 4.69) is 16.0 Å². The quantitative estimate of drug-likeness (QED) is 0.729. The summed E-state index contributed by atoms with van der Waals surface area (Å²) < 4.78 is 1.87. The van der Waals surface area contributed by atoms with Crippen molar-refractivity contribution in [3.05, 3.63) is 40.0 Å². The molecule has 8 heteroatoms. The maximum absolute atomic E-state index is 12.2. The van der Waals surface area contributed by atoms with Crippen LogP contribution in [0.4, 0.5) is 0 Å². The first-order valence-corrected chi connectivity index (χ1v) is 9.97. The summed E-state index contributed by atoms with van der Waals surface area (Å²) in [4.78, 5) is 12.2. The highest BCUT2D eigenvalue weighted by atomic mass is 35.5. The fourth-order valence-electron chi connectivity index (χ4n) is 4.65. The summed E-state index contributed by atoms with van der Waals surface area (Å²) in [5.41, 5.74) is 15.0. The number of hydrazine groups is 1. The summed E-state index contributed by atoms with van der Waals surface area (Å²) >= 11 is 12.4. The first-order chi connectivity index (χ1) is 13.0. The highest BCUT2D eigenvalue weighted by Gasteiger charge is 2.43. The van der Waals surface area contributed by atoms with Gasteiger partial charge in [-0.15, -0.1) is 0 Å². The van der Waals surface area contributed by atoms with E-state index in [9.17, 15) is 4.79 Å². The lowest BCUT2D eigenvalue weighted by Gasteiger charge is -2.43. The Morgan fingerprint density at radius 2 is 2.00 bits per heavy atom. The van der Waals surface area contributed by atoms with Gasteiger partial charge in [0.05, 0.1) is 11.9 Å². The van der Waals surface area contributed by atoms with Gasteiger partial charge in [-0.05, 0) is 49.3 Å². The van der Waals surface area contributed by atoms with Gasteiger partial charge in [-0.1, -0.05) is 23.2 Å². The molecule has 4 atom stereocenters. The van der Waals surface area contributed by atoms with Crippen LogP contribution in [0.5, 0.6) is 0 Å². The molecule has 144 valence electrons. The lowest BCUT2D eigenvalue weighted by Crippen LogP contribution is -2.62. The normalized spacial score (nSPS) is 27.9. The van der Waals surface area contributed by atoms with Gasteiger partial charge in [-0.25, -0.2) is 5.43 Å². The lowest BCUT2D eigenvalue weighted by atomic mass is 9.68. The number of fused-ring (bicyclic) bond motifs is 1. The van der Waals surface area contributed by atoms with Crippen LogP contribution >= 0.6 is 23.2 Å². The number of hydrogen-bond acceptors (Lipinski definition) is 4. The predicted octanol–water partition coefficient (Wildman–Crippen LogP) is 2.86. The van der Waals surface area contributed by atoms with E-state index in [0.29, 0.717) is 22.5 Å². The second-order valence-corrected chi connectivity index (χ2v) is 8.36. The molecule has 1 saturated carbocycles. The van der Waals surface area contributed by atoms with Crippen LogP contribution in [0.15, 0.2) is 24.4 Å². The van der Waals surface area contributed by atoms with Crippen molar-refractivity contribution >= 4 is 29.1 Å². The minimum absolute atomic E-state index is 0.0248. The highest BCUT2D eigenvalue weighted by Crippen LogP contribution is 2.44. The topological polar surface area (TPSA) is 85.0 Å². The standard InChI is InChI=1S/C19H23Cl2N5O/c1-26-18(11-4-12(20)7-13(21)5-11)16(9-23-26)10-2-3-14-15(6-10)17(8-22)24-25-19(14)27/h4-5,7,9-10,14-15,17,24H,2-3,6,8,22H2,1H3,(H,25,27). The van der Waals surface area contributed by atoms with Crippen LogP contribution in [0.2, 0.25) is 10.0 Å². The molecule has 1 aliphatic heterocycles. The highest BCUT2D eigenvalue weighted by molar-refractivity contribution is 6.35. The van der Waals surface area contributed by atoms with Crippen molar-refractivity contribution in [1.82, 2.24) is 20.6 Å². The minimum atomic E-state index is 0.0248. The number of rotatable bonds is 3. The fourth-order valence-corrected chi connectivity index (χ4v) is 5.18. The van der Waals surface area contributed by atoms with Gasteiger partial charge in [0.2, 0.25) is 5.91 Å². The summed E-state index contributed by atoms with van der Waals surface area (Å²) in [6, 6.07) is 5.65. The number of nitrogens with one attached hydrogen (secondary N) is 2. The van der Waals surface area contributed by atoms with E-state index >= 15 is 0 Å². The number of amides is 1. The molecule has 1 aromatic heterocycles. The van der Waals surface area contributed by atoms with Crippen molar-refractivity contribution in [3.8, 4) is 11.3 Å². The van der Waals surface area contributed by atoms with Crippen LogP contribution in [-0.4, -0.2) is 28.3 Å². The van der Waals surface area contributed by atoms with E-state index in [1.807, 2.05) is 30.1 Å². The molecule has 2 fully saturated rings. The molecule has 2 aliphatic rings. The molecular weight excluding hydrogens is 385 g/mol. The number of nitrogens with zero attached hydrogens (tertiary/aromatic N) is 2. The Balaban J connectivity index is 1.68. The van der Waals surface area contributed by atoms with Crippen LogP contribution < -0.4 is 16.6 Å². The van der Waals surface area contributed by atoms with Crippen LogP contribution in [0.3, 0.4) is 0 Å². The van der Waals surface area contributed by atoms with E-state index in [0.717, 1.165) is 30.5 Å². The van der Waals surface area contributed by atoms with E-state index in [1.165, 1.54) is 5.56 Å². The molecule has 0 bridgehead atoms. The summed E-state index contributed by atoms with van der Waals surface area (Å²) in [5, 5.41) is 5.70. The maximum Gasteiger partial charge on any atom is 0.237 e. The zero-order chi connectivity index (χ0) is 19.1. The van der Waals surface area contributed by atoms with Crippen molar-refractivity contribution in [1.29, 1.82) is 0 Å². The Labute approximate surface area is 168 Å². The van der Waals surface area contributed by atoms with Crippen LogP contribution in [0.25, 0.3) is 11.3 Å². The first kappa shape index (κ1) is 18.7. The summed E-state index contributed by atoms with van der Waals surface area (Å²) in [5.74, 6) is 0.640. The molecule has 4 N–H and O–H groups in total. The predicted molar refractivity (Wildman–Crippen MR) is 106 cm³/mol. The molecule has 1 aliphatic carbocycles. The zero-order valence-corrected chi connectivity index (χ0v) is 16.6. The Bertz CT molecular complexity index is 848. The molecule has 1 aromatic carbocycles. The lowest BCUT2D eigenvalue weighted by molar-refractivity contribution is -0.133. The van der Waals surface area contributed by atoms with Gasteiger partial charge < -0.3 is 5.73 Å². The molecule has 0 spiro atoms. The first-order valence-electron chi connectivity index (χ1n) is 9.21. The van der Waals surface area contributed by atoms with E-state index in [1.54, 1.807) is 6.07 Å². The van der Waals surface area contributed by atoms with Crippen molar-refractivity contribution in [2.75, 3.05) is 6.54 Å². The van der Waals surface area contributed by atoms with Crippen molar-refractivity contribution in [2.24, 2.45) is 24.6 Å². The molecule has 27 heavy (non-hydrogen) atoms. The third kappa shape index (κ3) is 3.47. The van der Waals surface area contributed by atoms with Crippen molar-refractivity contribution in [3.63, 3.8) is 0 Å². The number of carbonyl (C=O) groups excluding carboxylic acids is 1. The minimum Gasteiger partial charge on any atom is -0.329 e. The summed E-state index contributed by atoms with van der Waals surface area (Å²) in [7, 11) is 1.93. The van der Waals surface area contributed by atoms with Crippen LogP contribution in [-0.2, 0) is 11.8 Å². The SMILES string of the molecule is Cn1ncc(C2CCC3C(=O)NNC(CN)C3C2)c1-c1cc(Cl)cc(Cl)c1. The molecular formula is C19H23Cl2N5O. The summed E-state index contributed by atoms with van der Waals surface area (Å²) in [6.07, 6.45) is 4.63. The Morgan fingerprint density at radius 1 is 1.26 bits per heavy atom. The molecule has 4 unspecified atom stereocenters. The number of benzene rings is 1. The van der Waals surface area contributed by atoms with Crippen molar-refractivity contribution < 1.29 is 4.79 Å². The third-order valence-electron chi connectivity index (χ3n) is 5.93. The van der Waals surface area contributed by atoms with E-state index in [-0.39, 0.29) is 23.8 Å². The van der Waals surface area contributed by atoms with E-state index < -0.39 is 0 Å². The number of aryl methyl sites for hydroxylation is 1. The average Bonchev–Trinajstić information content (AvgIpc) is 3.02. The number of carbonyl (C=O) groups is 1. The zero-order valence-electron chi connectivity index (χ0n) is 15.1. The van der Waals surface area contributed by atoms with Gasteiger partial charge in [0.25, 0.3) is 0 Å². The number of hydrogen-bond donors (Lipinski definition) is 3. The molecule has 1 amide bonds. The largest absolute Gasteiger partial charge is 0.329 e. The smallest absolute Gasteiger partial charge is 0.237 e. The summed E-state index contributed by atoms with van der Waals surface area (Å²) in [6.45, 7) is 0.498.